The lowest BCUT2D eigenvalue weighted by Crippen LogP contribution is -2.09. The highest BCUT2D eigenvalue weighted by Crippen LogP contribution is 2.44. The van der Waals surface area contributed by atoms with Gasteiger partial charge in [-0.2, -0.15) is 17.6 Å². The summed E-state index contributed by atoms with van der Waals surface area (Å²) < 4.78 is 285. The highest BCUT2D eigenvalue weighted by atomic mass is 32.2. The summed E-state index contributed by atoms with van der Waals surface area (Å²) in [5.41, 5.74) is -8.27. The fourth-order valence-corrected chi connectivity index (χ4v) is 9.90. The monoisotopic (exact) mass is 1210 g/mol. The van der Waals surface area contributed by atoms with Gasteiger partial charge in [0.1, 0.15) is 34.5 Å². The topological polar surface area (TPSA) is 71.1 Å². The van der Waals surface area contributed by atoms with Crippen molar-refractivity contribution >= 4 is 9.84 Å². The molecular weight excluding hydrogens is 1180 g/mol. The Labute approximate surface area is 469 Å². The first-order valence-corrected chi connectivity index (χ1v) is 25.8. The predicted octanol–water partition coefficient (Wildman–Crippen LogP) is 19.2. The zero-order valence-electron chi connectivity index (χ0n) is 42.8. The Hall–Kier alpha value is -9.77. The highest BCUT2D eigenvalue weighted by molar-refractivity contribution is 7.91. The molecule has 0 saturated heterocycles. The van der Waals surface area contributed by atoms with Gasteiger partial charge in [0.2, 0.25) is 44.6 Å². The predicted molar refractivity (Wildman–Crippen MR) is 275 cm³/mol. The van der Waals surface area contributed by atoms with Gasteiger partial charge in [0.05, 0.1) is 32.0 Å². The van der Waals surface area contributed by atoms with E-state index in [0.29, 0.717) is 47.6 Å². The van der Waals surface area contributed by atoms with E-state index in [-0.39, 0.29) is 32.8 Å². The van der Waals surface area contributed by atoms with Crippen LogP contribution in [0.1, 0.15) is 11.1 Å². The second-order valence-corrected chi connectivity index (χ2v) is 20.3. The first kappa shape index (κ1) is 58.4. The Morgan fingerprint density at radius 1 is 0.235 bits per heavy atom. The van der Waals surface area contributed by atoms with Crippen molar-refractivity contribution in [3.8, 4) is 90.5 Å². The number of sulfone groups is 1. The minimum absolute atomic E-state index is 0.0754. The van der Waals surface area contributed by atoms with Gasteiger partial charge in [-0.1, -0.05) is 48.5 Å². The van der Waals surface area contributed by atoms with Crippen molar-refractivity contribution in [2.45, 2.75) is 23.6 Å². The first-order chi connectivity index (χ1) is 40.4. The van der Waals surface area contributed by atoms with Gasteiger partial charge in [0.15, 0.2) is 69.8 Å². The molecule has 0 aliphatic heterocycles. The maximum absolute atomic E-state index is 15.1. The van der Waals surface area contributed by atoms with Crippen LogP contribution in [0.4, 0.5) is 70.2 Å². The molecule has 10 aromatic rings. The molecule has 10 rings (SSSR count). The Bertz CT molecular complexity index is 4020. The molecule has 0 radical (unpaired) electrons. The third kappa shape index (κ3) is 10.7. The third-order valence-electron chi connectivity index (χ3n) is 13.2. The molecule has 0 bridgehead atoms. The van der Waals surface area contributed by atoms with Crippen molar-refractivity contribution in [2.75, 3.05) is 0 Å². The average molecular weight is 1210 g/mol. The maximum Gasteiger partial charge on any atom is 0.206 e. The lowest BCUT2D eigenvalue weighted by atomic mass is 9.99. The van der Waals surface area contributed by atoms with E-state index in [1.54, 1.807) is 48.5 Å². The quantitative estimate of drug-likeness (QED) is 0.0798. The molecule has 0 aromatic heterocycles. The molecule has 0 amide bonds. The molecule has 0 aliphatic carbocycles. The fourth-order valence-electron chi connectivity index (χ4n) is 8.64. The normalized spacial score (nSPS) is 11.5. The van der Waals surface area contributed by atoms with E-state index in [2.05, 4.69) is 0 Å². The van der Waals surface area contributed by atoms with Gasteiger partial charge in [0.25, 0.3) is 0 Å². The number of ether oxygens (including phenoxy) is 4. The van der Waals surface area contributed by atoms with Crippen molar-refractivity contribution in [1.29, 1.82) is 0 Å². The number of hydrogen-bond acceptors (Lipinski definition) is 6. The summed E-state index contributed by atoms with van der Waals surface area (Å²) in [4.78, 5) is -0.151. The van der Waals surface area contributed by atoms with Crippen LogP contribution in [-0.4, -0.2) is 8.42 Å². The summed E-state index contributed by atoms with van der Waals surface area (Å²) in [6.45, 7) is 1.27. The summed E-state index contributed by atoms with van der Waals surface area (Å²) in [6, 6.07) is 34.1. The van der Waals surface area contributed by atoms with Crippen molar-refractivity contribution < 1.29 is 97.6 Å². The van der Waals surface area contributed by atoms with Gasteiger partial charge in [-0.25, -0.2) is 61.1 Å². The molecule has 10 aromatic carbocycles. The zero-order chi connectivity index (χ0) is 61.1. The van der Waals surface area contributed by atoms with Gasteiger partial charge in [0, 0.05) is 11.1 Å². The van der Waals surface area contributed by atoms with Gasteiger partial charge in [-0.15, -0.1) is 0 Å². The van der Waals surface area contributed by atoms with Crippen LogP contribution in [0, 0.1) is 107 Å². The Morgan fingerprint density at radius 3 is 0.624 bits per heavy atom. The highest BCUT2D eigenvalue weighted by Gasteiger charge is 2.36. The standard InChI is InChI=1S/C62H30F16O6S/c1-27-45(63)49(67)41(50(68)46(27)64)43-53(71)57(75)61(58(76)54(43)72)83-37-15-7-31(8-16-37)29-3-11-33(12-4-29)81-35-19-23-39(24-20-35)85(79,80)40-25-21-36(22-26-40)82-34-13-5-30(6-14-34)32-9-17-38(18-10-32)84-62-59(77)55(73)44(56(74)60(62)78)42-51(69)47(65)28(2)48(66)52(42)70/h3-26H,1-2H3. The second kappa shape index (κ2) is 22.8. The van der Waals surface area contributed by atoms with E-state index < -0.39 is 148 Å². The molecule has 0 aliphatic rings. The summed E-state index contributed by atoms with van der Waals surface area (Å²) in [5.74, 6) is -38.6. The van der Waals surface area contributed by atoms with Gasteiger partial charge in [-0.05, 0) is 133 Å². The molecule has 85 heavy (non-hydrogen) atoms. The molecule has 0 heterocycles. The minimum Gasteiger partial charge on any atom is -0.457 e. The van der Waals surface area contributed by atoms with E-state index >= 15 is 35.1 Å². The molecule has 6 nitrogen and oxygen atoms in total. The first-order valence-electron chi connectivity index (χ1n) is 24.3. The van der Waals surface area contributed by atoms with Crippen LogP contribution in [0.3, 0.4) is 0 Å². The zero-order valence-corrected chi connectivity index (χ0v) is 43.6. The van der Waals surface area contributed by atoms with Crippen LogP contribution in [0.25, 0.3) is 44.5 Å². The average Bonchev–Trinajstić information content (AvgIpc) is 3.66. The lowest BCUT2D eigenvalue weighted by Gasteiger charge is -2.15. The number of halogens is 16. The lowest BCUT2D eigenvalue weighted by molar-refractivity contribution is 0.366. The maximum atomic E-state index is 15.1. The molecule has 0 unspecified atom stereocenters. The molecule has 0 fully saturated rings. The SMILES string of the molecule is Cc1c(F)c(F)c(-c2c(F)c(F)c(Oc3ccc(-c4ccc(Oc5ccc(S(=O)(=O)c6ccc(Oc7ccc(-c8ccc(Oc9c(F)c(F)c(-c%10c(F)c(F)c(C)c(F)c%10F)c(F)c9F)cc8)cc7)cc6)cc5)cc4)cc3)c(F)c2F)c(F)c1F. The molecule has 0 spiro atoms. The number of benzene rings is 10. The smallest absolute Gasteiger partial charge is 0.206 e. The van der Waals surface area contributed by atoms with Crippen molar-refractivity contribution in [3.05, 3.63) is 250 Å². The van der Waals surface area contributed by atoms with E-state index in [1.807, 2.05) is 0 Å². The summed E-state index contributed by atoms with van der Waals surface area (Å²) in [7, 11) is -4.05. The third-order valence-corrected chi connectivity index (χ3v) is 15.0. The molecule has 0 atom stereocenters. The molecular formula is C62H30F16O6S. The largest absolute Gasteiger partial charge is 0.457 e. The van der Waals surface area contributed by atoms with Gasteiger partial charge < -0.3 is 18.9 Å². The van der Waals surface area contributed by atoms with Crippen LogP contribution in [-0.2, 0) is 9.84 Å². The van der Waals surface area contributed by atoms with Crippen LogP contribution in [0.15, 0.2) is 155 Å². The van der Waals surface area contributed by atoms with Crippen LogP contribution < -0.4 is 18.9 Å². The van der Waals surface area contributed by atoms with Crippen LogP contribution in [0.5, 0.6) is 46.0 Å². The van der Waals surface area contributed by atoms with E-state index in [1.165, 1.54) is 97.1 Å². The van der Waals surface area contributed by atoms with E-state index in [9.17, 15) is 43.5 Å². The number of rotatable bonds is 14. The minimum atomic E-state index is -4.05. The summed E-state index contributed by atoms with van der Waals surface area (Å²) in [5, 5.41) is 0. The molecule has 23 heteroatoms. The van der Waals surface area contributed by atoms with E-state index in [0.717, 1.165) is 0 Å². The Morgan fingerprint density at radius 2 is 0.412 bits per heavy atom. The summed E-state index contributed by atoms with van der Waals surface area (Å²) >= 11 is 0. The van der Waals surface area contributed by atoms with Gasteiger partial charge in [-0.3, -0.25) is 0 Å². The van der Waals surface area contributed by atoms with E-state index in [4.69, 9.17) is 18.9 Å². The van der Waals surface area contributed by atoms with Crippen LogP contribution in [0.2, 0.25) is 0 Å². The second-order valence-electron chi connectivity index (χ2n) is 18.4. The fraction of sp³-hybridized carbons (Fsp3) is 0.0323. The summed E-state index contributed by atoms with van der Waals surface area (Å²) in [6.07, 6.45) is 0. The molecule has 0 saturated carbocycles. The van der Waals surface area contributed by atoms with Gasteiger partial charge >= 0.3 is 0 Å². The number of hydrogen-bond donors (Lipinski definition) is 0. The molecule has 432 valence electrons. The molecule has 0 N–H and O–H groups in total. The van der Waals surface area contributed by atoms with Crippen molar-refractivity contribution in [1.82, 2.24) is 0 Å². The van der Waals surface area contributed by atoms with Crippen molar-refractivity contribution in [3.63, 3.8) is 0 Å². The Kier molecular flexibility index (Phi) is 15.6. The Balaban J connectivity index is 0.737. The van der Waals surface area contributed by atoms with Crippen molar-refractivity contribution in [2.24, 2.45) is 0 Å². The van der Waals surface area contributed by atoms with Crippen LogP contribution >= 0.6 is 0 Å².